The summed E-state index contributed by atoms with van der Waals surface area (Å²) in [5.41, 5.74) is 8.07. The number of hydrogen-bond acceptors (Lipinski definition) is 1. The average Bonchev–Trinajstić information content (AvgIpc) is 2.15. The van der Waals surface area contributed by atoms with Gasteiger partial charge in [0.05, 0.1) is 0 Å². The average molecular weight is 175 g/mol. The second-order valence-corrected chi connectivity index (χ2v) is 3.33. The molecule has 0 radical (unpaired) electrons. The Morgan fingerprint density at radius 2 is 2.38 bits per heavy atom. The standard InChI is InChI=1S/C12H17N/c1-3-4-9-12(13)11-8-6-5-7-10(11)2/h3-6,8-10H,7,13H2,1-2H3/b4-3-,12-9-. The Bertz CT molecular complexity index is 279. The highest BCUT2D eigenvalue weighted by atomic mass is 14.6. The molecule has 1 rings (SSSR count). The summed E-state index contributed by atoms with van der Waals surface area (Å²) in [4.78, 5) is 0. The lowest BCUT2D eigenvalue weighted by Crippen LogP contribution is -2.09. The molecule has 0 saturated heterocycles. The van der Waals surface area contributed by atoms with Gasteiger partial charge in [0.1, 0.15) is 0 Å². The molecule has 13 heavy (non-hydrogen) atoms. The van der Waals surface area contributed by atoms with Crippen LogP contribution in [0, 0.1) is 5.92 Å². The largest absolute Gasteiger partial charge is 0.398 e. The van der Waals surface area contributed by atoms with Crippen LogP contribution in [0.25, 0.3) is 0 Å². The van der Waals surface area contributed by atoms with Crippen LogP contribution in [0.2, 0.25) is 0 Å². The van der Waals surface area contributed by atoms with Gasteiger partial charge in [0, 0.05) is 5.70 Å². The van der Waals surface area contributed by atoms with E-state index in [2.05, 4.69) is 25.2 Å². The minimum absolute atomic E-state index is 0.548. The van der Waals surface area contributed by atoms with Gasteiger partial charge in [-0.15, -0.1) is 0 Å². The van der Waals surface area contributed by atoms with Gasteiger partial charge in [0.15, 0.2) is 0 Å². The monoisotopic (exact) mass is 175 g/mol. The van der Waals surface area contributed by atoms with E-state index >= 15 is 0 Å². The summed E-state index contributed by atoms with van der Waals surface area (Å²) in [5.74, 6) is 0.548. The molecular formula is C12H17N. The molecule has 0 amide bonds. The van der Waals surface area contributed by atoms with Crippen molar-refractivity contribution >= 4 is 0 Å². The summed E-state index contributed by atoms with van der Waals surface area (Å²) < 4.78 is 0. The Morgan fingerprint density at radius 1 is 1.62 bits per heavy atom. The molecule has 2 N–H and O–H groups in total. The van der Waals surface area contributed by atoms with E-state index in [1.165, 1.54) is 5.57 Å². The number of nitrogens with two attached hydrogens (primary N) is 1. The molecule has 1 aliphatic carbocycles. The zero-order valence-electron chi connectivity index (χ0n) is 8.33. The minimum Gasteiger partial charge on any atom is -0.398 e. The summed E-state index contributed by atoms with van der Waals surface area (Å²) in [5, 5.41) is 0. The fraction of sp³-hybridized carbons (Fsp3) is 0.333. The van der Waals surface area contributed by atoms with Crippen LogP contribution in [0.5, 0.6) is 0 Å². The number of hydrogen-bond donors (Lipinski definition) is 1. The number of rotatable bonds is 2. The SMILES string of the molecule is C/C=C\C=C(/N)C1=CC=CCC1C. The van der Waals surface area contributed by atoms with E-state index in [-0.39, 0.29) is 0 Å². The van der Waals surface area contributed by atoms with Crippen LogP contribution in [0.15, 0.2) is 47.7 Å². The first kappa shape index (κ1) is 9.85. The summed E-state index contributed by atoms with van der Waals surface area (Å²) in [6.07, 6.45) is 13.4. The second-order valence-electron chi connectivity index (χ2n) is 3.33. The van der Waals surface area contributed by atoms with Gasteiger partial charge in [-0.05, 0) is 30.9 Å². The maximum Gasteiger partial charge on any atom is 0.0349 e. The summed E-state index contributed by atoms with van der Waals surface area (Å²) in [6, 6.07) is 0. The maximum absolute atomic E-state index is 5.93. The fourth-order valence-electron chi connectivity index (χ4n) is 1.42. The smallest absolute Gasteiger partial charge is 0.0349 e. The molecule has 1 unspecified atom stereocenters. The first-order valence-electron chi connectivity index (χ1n) is 4.71. The quantitative estimate of drug-likeness (QED) is 0.641. The van der Waals surface area contributed by atoms with Gasteiger partial charge in [-0.3, -0.25) is 0 Å². The molecule has 0 fully saturated rings. The van der Waals surface area contributed by atoms with Gasteiger partial charge in [-0.1, -0.05) is 37.3 Å². The topological polar surface area (TPSA) is 26.0 Å². The molecule has 0 aromatic carbocycles. The normalized spacial score (nSPS) is 23.7. The highest BCUT2D eigenvalue weighted by Gasteiger charge is 2.10. The Labute approximate surface area is 80.3 Å². The predicted octanol–water partition coefficient (Wildman–Crippen LogP) is 2.93. The molecule has 0 heterocycles. The first-order chi connectivity index (χ1) is 6.25. The highest BCUT2D eigenvalue weighted by molar-refractivity contribution is 5.37. The van der Waals surface area contributed by atoms with Crippen molar-refractivity contribution in [3.05, 3.63) is 47.7 Å². The lowest BCUT2D eigenvalue weighted by Gasteiger charge is -2.16. The van der Waals surface area contributed by atoms with E-state index in [9.17, 15) is 0 Å². The fourth-order valence-corrected chi connectivity index (χ4v) is 1.42. The molecule has 0 aromatic rings. The van der Waals surface area contributed by atoms with E-state index in [4.69, 9.17) is 5.73 Å². The van der Waals surface area contributed by atoms with Crippen LogP contribution in [0.4, 0.5) is 0 Å². The third-order valence-electron chi connectivity index (χ3n) is 2.23. The van der Waals surface area contributed by atoms with Gasteiger partial charge in [-0.2, -0.15) is 0 Å². The zero-order valence-corrected chi connectivity index (χ0v) is 8.33. The van der Waals surface area contributed by atoms with Crippen molar-refractivity contribution in [1.29, 1.82) is 0 Å². The summed E-state index contributed by atoms with van der Waals surface area (Å²) >= 11 is 0. The highest BCUT2D eigenvalue weighted by Crippen LogP contribution is 2.23. The Morgan fingerprint density at radius 3 is 3.00 bits per heavy atom. The van der Waals surface area contributed by atoms with Crippen molar-refractivity contribution in [1.82, 2.24) is 0 Å². The summed E-state index contributed by atoms with van der Waals surface area (Å²) in [6.45, 7) is 4.19. The second kappa shape index (κ2) is 4.70. The Hall–Kier alpha value is -1.24. The van der Waals surface area contributed by atoms with E-state index in [0.29, 0.717) is 5.92 Å². The molecule has 0 aromatic heterocycles. The van der Waals surface area contributed by atoms with Crippen LogP contribution >= 0.6 is 0 Å². The number of allylic oxidation sites excluding steroid dienone is 7. The molecule has 0 bridgehead atoms. The van der Waals surface area contributed by atoms with Crippen molar-refractivity contribution in [2.24, 2.45) is 11.7 Å². The van der Waals surface area contributed by atoms with Crippen LogP contribution in [0.3, 0.4) is 0 Å². The molecule has 1 nitrogen and oxygen atoms in total. The Kier molecular flexibility index (Phi) is 3.56. The molecule has 1 aliphatic rings. The van der Waals surface area contributed by atoms with Crippen LogP contribution < -0.4 is 5.73 Å². The van der Waals surface area contributed by atoms with Crippen molar-refractivity contribution in [2.45, 2.75) is 20.3 Å². The first-order valence-corrected chi connectivity index (χ1v) is 4.71. The third kappa shape index (κ3) is 2.62. The van der Waals surface area contributed by atoms with Gasteiger partial charge < -0.3 is 5.73 Å². The molecule has 0 saturated carbocycles. The molecule has 0 spiro atoms. The van der Waals surface area contributed by atoms with Gasteiger partial charge in [0.2, 0.25) is 0 Å². The van der Waals surface area contributed by atoms with Crippen LogP contribution in [-0.2, 0) is 0 Å². The predicted molar refractivity (Wildman–Crippen MR) is 58.1 cm³/mol. The minimum atomic E-state index is 0.548. The van der Waals surface area contributed by atoms with Gasteiger partial charge in [-0.25, -0.2) is 0 Å². The van der Waals surface area contributed by atoms with E-state index in [1.807, 2.05) is 25.2 Å². The molecule has 70 valence electrons. The third-order valence-corrected chi connectivity index (χ3v) is 2.23. The molecule has 0 aliphatic heterocycles. The molecule has 1 atom stereocenters. The lowest BCUT2D eigenvalue weighted by molar-refractivity contribution is 0.692. The van der Waals surface area contributed by atoms with Gasteiger partial charge >= 0.3 is 0 Å². The Balaban J connectivity index is 2.80. The molecular weight excluding hydrogens is 158 g/mol. The van der Waals surface area contributed by atoms with Crippen molar-refractivity contribution in [3.63, 3.8) is 0 Å². The molecule has 1 heteroatoms. The van der Waals surface area contributed by atoms with E-state index in [0.717, 1.165) is 12.1 Å². The maximum atomic E-state index is 5.93. The summed E-state index contributed by atoms with van der Waals surface area (Å²) in [7, 11) is 0. The lowest BCUT2D eigenvalue weighted by atomic mass is 9.91. The van der Waals surface area contributed by atoms with Gasteiger partial charge in [0.25, 0.3) is 0 Å². The van der Waals surface area contributed by atoms with Crippen molar-refractivity contribution in [2.75, 3.05) is 0 Å². The van der Waals surface area contributed by atoms with E-state index in [1.54, 1.807) is 0 Å². The van der Waals surface area contributed by atoms with Crippen molar-refractivity contribution < 1.29 is 0 Å². The van der Waals surface area contributed by atoms with Crippen LogP contribution in [0.1, 0.15) is 20.3 Å². The van der Waals surface area contributed by atoms with E-state index < -0.39 is 0 Å². The zero-order chi connectivity index (χ0) is 9.68. The van der Waals surface area contributed by atoms with Crippen molar-refractivity contribution in [3.8, 4) is 0 Å². The van der Waals surface area contributed by atoms with Crippen LogP contribution in [-0.4, -0.2) is 0 Å².